The molecule has 0 aliphatic carbocycles. The van der Waals surface area contributed by atoms with E-state index in [1.54, 1.807) is 24.3 Å². The Morgan fingerprint density at radius 2 is 1.38 bits per heavy atom. The Hall–Kier alpha value is -3.65. The number of nitrogens with one attached hydrogen (secondary N) is 1. The first kappa shape index (κ1) is 29.9. The van der Waals surface area contributed by atoms with E-state index in [4.69, 9.17) is 0 Å². The van der Waals surface area contributed by atoms with Gasteiger partial charge in [-0.05, 0) is 43.0 Å². The molecule has 0 aromatic heterocycles. The van der Waals surface area contributed by atoms with E-state index in [1.165, 1.54) is 4.90 Å². The number of nitrogens with zero attached hydrogens (tertiary/aromatic N) is 2. The minimum absolute atomic E-state index is 0.164. The number of carbonyl (C=O) groups excluding carboxylic acids is 2. The molecule has 0 bridgehead atoms. The molecule has 8 heteroatoms. The summed E-state index contributed by atoms with van der Waals surface area (Å²) in [5, 5.41) is 2.99. The molecule has 0 heterocycles. The van der Waals surface area contributed by atoms with Crippen LogP contribution in [0.25, 0.3) is 0 Å². The average molecular weight is 550 g/mol. The summed E-state index contributed by atoms with van der Waals surface area (Å²) in [5.74, 6) is -0.494. The molecule has 1 N–H and O–H groups in total. The van der Waals surface area contributed by atoms with Crippen LogP contribution in [-0.2, 0) is 32.6 Å². The second kappa shape index (κ2) is 13.4. The van der Waals surface area contributed by atoms with Crippen LogP contribution in [0.5, 0.6) is 0 Å². The van der Waals surface area contributed by atoms with Crippen LogP contribution in [0.3, 0.4) is 0 Å². The van der Waals surface area contributed by atoms with Gasteiger partial charge in [-0.1, -0.05) is 91.7 Å². The van der Waals surface area contributed by atoms with E-state index < -0.39 is 28.5 Å². The lowest BCUT2D eigenvalue weighted by Crippen LogP contribution is -2.53. The van der Waals surface area contributed by atoms with Gasteiger partial charge in [-0.15, -0.1) is 0 Å². The summed E-state index contributed by atoms with van der Waals surface area (Å²) in [7, 11) is -3.78. The normalized spacial score (nSPS) is 12.2. The van der Waals surface area contributed by atoms with E-state index in [9.17, 15) is 18.0 Å². The summed E-state index contributed by atoms with van der Waals surface area (Å²) in [5.41, 5.74) is 4.21. The van der Waals surface area contributed by atoms with E-state index >= 15 is 0 Å². The quantitative estimate of drug-likeness (QED) is 0.361. The smallest absolute Gasteiger partial charge is 0.244 e. The zero-order valence-electron chi connectivity index (χ0n) is 23.4. The van der Waals surface area contributed by atoms with Crippen molar-refractivity contribution in [1.82, 2.24) is 10.2 Å². The van der Waals surface area contributed by atoms with Gasteiger partial charge in [-0.3, -0.25) is 13.9 Å². The fourth-order valence-corrected chi connectivity index (χ4v) is 5.04. The van der Waals surface area contributed by atoms with Crippen molar-refractivity contribution in [2.45, 2.75) is 46.7 Å². The Balaban J connectivity index is 2.03. The summed E-state index contributed by atoms with van der Waals surface area (Å²) in [6.07, 6.45) is 1.38. The van der Waals surface area contributed by atoms with Crippen LogP contribution in [0.1, 0.15) is 36.1 Å². The van der Waals surface area contributed by atoms with Crippen molar-refractivity contribution in [3.63, 3.8) is 0 Å². The SMILES string of the molecule is Cc1ccc(CN(C(=O)CN(c2ccc(C)cc2)S(C)(=O)=O)[C@@H](Cc2ccccc2)C(=O)NCC(C)C)cc1. The second-order valence-corrected chi connectivity index (χ2v) is 12.4. The molecule has 3 aromatic carbocycles. The van der Waals surface area contributed by atoms with Gasteiger partial charge in [-0.2, -0.15) is 0 Å². The lowest BCUT2D eigenvalue weighted by molar-refractivity contribution is -0.140. The Labute approximate surface area is 232 Å². The zero-order chi connectivity index (χ0) is 28.6. The van der Waals surface area contributed by atoms with Crippen molar-refractivity contribution in [3.8, 4) is 0 Å². The van der Waals surface area contributed by atoms with Crippen molar-refractivity contribution in [2.75, 3.05) is 23.7 Å². The summed E-state index contributed by atoms with van der Waals surface area (Å²) < 4.78 is 26.7. The summed E-state index contributed by atoms with van der Waals surface area (Å²) >= 11 is 0. The number of hydrogen-bond acceptors (Lipinski definition) is 4. The number of anilines is 1. The largest absolute Gasteiger partial charge is 0.354 e. The predicted octanol–water partition coefficient (Wildman–Crippen LogP) is 4.48. The monoisotopic (exact) mass is 549 g/mol. The third kappa shape index (κ3) is 8.96. The van der Waals surface area contributed by atoms with Gasteiger partial charge in [-0.25, -0.2) is 8.42 Å². The first-order chi connectivity index (χ1) is 18.4. The van der Waals surface area contributed by atoms with Gasteiger partial charge < -0.3 is 10.2 Å². The second-order valence-electron chi connectivity index (χ2n) is 10.5. The molecule has 0 radical (unpaired) electrons. The summed E-state index contributed by atoms with van der Waals surface area (Å²) in [6, 6.07) is 23.5. The average Bonchev–Trinajstić information content (AvgIpc) is 2.89. The fraction of sp³-hybridized carbons (Fsp3) is 0.355. The number of carbonyl (C=O) groups is 2. The fourth-order valence-electron chi connectivity index (χ4n) is 4.19. The number of aryl methyl sites for hydroxylation is 2. The van der Waals surface area contributed by atoms with Gasteiger partial charge >= 0.3 is 0 Å². The molecular weight excluding hydrogens is 510 g/mol. The molecule has 0 spiro atoms. The Bertz CT molecular complexity index is 1340. The molecule has 2 amide bonds. The molecule has 1 atom stereocenters. The molecular formula is C31H39N3O4S. The molecule has 0 saturated heterocycles. The van der Waals surface area contributed by atoms with Crippen molar-refractivity contribution in [1.29, 1.82) is 0 Å². The van der Waals surface area contributed by atoms with Gasteiger partial charge in [0, 0.05) is 19.5 Å². The van der Waals surface area contributed by atoms with Gasteiger partial charge in [0.1, 0.15) is 12.6 Å². The zero-order valence-corrected chi connectivity index (χ0v) is 24.2. The molecule has 0 unspecified atom stereocenters. The van der Waals surface area contributed by atoms with Crippen LogP contribution in [0.2, 0.25) is 0 Å². The van der Waals surface area contributed by atoms with Crippen LogP contribution in [0.4, 0.5) is 5.69 Å². The topological polar surface area (TPSA) is 86.8 Å². The first-order valence-electron chi connectivity index (χ1n) is 13.1. The van der Waals surface area contributed by atoms with E-state index in [0.717, 1.165) is 32.8 Å². The maximum Gasteiger partial charge on any atom is 0.244 e. The molecule has 3 aromatic rings. The van der Waals surface area contributed by atoms with Crippen molar-refractivity contribution in [2.24, 2.45) is 5.92 Å². The van der Waals surface area contributed by atoms with Gasteiger partial charge in [0.05, 0.1) is 11.9 Å². The Kier molecular flexibility index (Phi) is 10.3. The van der Waals surface area contributed by atoms with Gasteiger partial charge in [0.25, 0.3) is 0 Å². The molecule has 0 aliphatic heterocycles. The number of rotatable bonds is 12. The minimum Gasteiger partial charge on any atom is -0.354 e. The standard InChI is InChI=1S/C31H39N3O4S/c1-23(2)20-32-31(36)29(19-26-9-7-6-8-10-26)33(21-27-15-11-24(3)12-16-27)30(35)22-34(39(5,37)38)28-17-13-25(4)14-18-28/h6-18,23,29H,19-22H2,1-5H3,(H,32,36)/t29-/m0/s1. The van der Waals surface area contributed by atoms with Gasteiger partial charge in [0.15, 0.2) is 0 Å². The van der Waals surface area contributed by atoms with Crippen LogP contribution in [0, 0.1) is 19.8 Å². The highest BCUT2D eigenvalue weighted by Crippen LogP contribution is 2.21. The Morgan fingerprint density at radius 1 is 0.821 bits per heavy atom. The number of sulfonamides is 1. The minimum atomic E-state index is -3.78. The van der Waals surface area contributed by atoms with E-state index in [2.05, 4.69) is 5.32 Å². The van der Waals surface area contributed by atoms with Crippen LogP contribution >= 0.6 is 0 Å². The number of amides is 2. The highest BCUT2D eigenvalue weighted by atomic mass is 32.2. The highest BCUT2D eigenvalue weighted by molar-refractivity contribution is 7.92. The number of hydrogen-bond donors (Lipinski definition) is 1. The van der Waals surface area contributed by atoms with E-state index in [0.29, 0.717) is 18.7 Å². The molecule has 3 rings (SSSR count). The lowest BCUT2D eigenvalue weighted by Gasteiger charge is -2.33. The molecule has 208 valence electrons. The van der Waals surface area contributed by atoms with Crippen LogP contribution in [-0.4, -0.2) is 50.5 Å². The summed E-state index contributed by atoms with van der Waals surface area (Å²) in [6.45, 7) is 8.12. The van der Waals surface area contributed by atoms with Crippen molar-refractivity contribution < 1.29 is 18.0 Å². The Morgan fingerprint density at radius 3 is 1.92 bits per heavy atom. The van der Waals surface area contributed by atoms with Gasteiger partial charge in [0.2, 0.25) is 21.8 Å². The molecule has 0 aliphatic rings. The predicted molar refractivity (Wildman–Crippen MR) is 157 cm³/mol. The van der Waals surface area contributed by atoms with E-state index in [1.807, 2.05) is 82.3 Å². The molecule has 0 fully saturated rings. The van der Waals surface area contributed by atoms with Crippen molar-refractivity contribution in [3.05, 3.63) is 101 Å². The molecule has 0 saturated carbocycles. The first-order valence-corrected chi connectivity index (χ1v) is 15.0. The van der Waals surface area contributed by atoms with E-state index in [-0.39, 0.29) is 18.4 Å². The lowest BCUT2D eigenvalue weighted by atomic mass is 10.0. The molecule has 7 nitrogen and oxygen atoms in total. The van der Waals surface area contributed by atoms with Crippen LogP contribution in [0.15, 0.2) is 78.9 Å². The third-order valence-electron chi connectivity index (χ3n) is 6.43. The number of benzene rings is 3. The highest BCUT2D eigenvalue weighted by Gasteiger charge is 2.33. The maximum absolute atomic E-state index is 14.0. The summed E-state index contributed by atoms with van der Waals surface area (Å²) in [4.78, 5) is 29.1. The maximum atomic E-state index is 14.0. The molecule has 39 heavy (non-hydrogen) atoms. The van der Waals surface area contributed by atoms with Crippen LogP contribution < -0.4 is 9.62 Å². The third-order valence-corrected chi connectivity index (χ3v) is 7.57. The van der Waals surface area contributed by atoms with Crippen molar-refractivity contribution >= 4 is 27.5 Å².